The molecule has 1 heterocycles. The Balaban J connectivity index is 0.00000109. The average molecular weight is 372 g/mol. The summed E-state index contributed by atoms with van der Waals surface area (Å²) in [5.41, 5.74) is 12.6. The third-order valence-electron chi connectivity index (χ3n) is 4.97. The molecule has 142 valence electrons. The number of carbonyl (C=O) groups is 2. The van der Waals surface area contributed by atoms with E-state index in [-0.39, 0.29) is 0 Å². The van der Waals surface area contributed by atoms with Gasteiger partial charge in [0.05, 0.1) is 11.1 Å². The molecule has 4 heteroatoms. The second-order valence-corrected chi connectivity index (χ2v) is 6.66. The topological polar surface area (TPSA) is 76.0 Å². The number of aldehydes is 1. The molecule has 1 amide bonds. The standard InChI is InChI=1S/C22H18N2O2.C2H6/c1-12-3-5-15(7-13(12)2)16-9-18-17-8-14(11-25)4-6-20(17)24-21(18)19(10-16)22(23)26;1-2/h3-11,24H,1-2H3,(H2,23,26);1-2H3. The van der Waals surface area contributed by atoms with Crippen LogP contribution in [0.3, 0.4) is 0 Å². The molecule has 0 aliphatic rings. The lowest BCUT2D eigenvalue weighted by atomic mass is 9.96. The second kappa shape index (κ2) is 7.69. The van der Waals surface area contributed by atoms with Crippen molar-refractivity contribution in [3.63, 3.8) is 0 Å². The lowest BCUT2D eigenvalue weighted by Crippen LogP contribution is -2.11. The number of hydrogen-bond donors (Lipinski definition) is 2. The predicted octanol–water partition coefficient (Wildman–Crippen LogP) is 5.54. The fourth-order valence-corrected chi connectivity index (χ4v) is 3.37. The number of primary amides is 1. The minimum Gasteiger partial charge on any atom is -0.366 e. The van der Waals surface area contributed by atoms with Crippen LogP contribution in [-0.2, 0) is 0 Å². The highest BCUT2D eigenvalue weighted by molar-refractivity contribution is 6.16. The Kier molecular flexibility index (Phi) is 5.32. The van der Waals surface area contributed by atoms with Crippen molar-refractivity contribution in [1.29, 1.82) is 0 Å². The third-order valence-corrected chi connectivity index (χ3v) is 4.97. The van der Waals surface area contributed by atoms with Gasteiger partial charge in [0.25, 0.3) is 5.91 Å². The van der Waals surface area contributed by atoms with E-state index < -0.39 is 5.91 Å². The molecule has 0 unspecified atom stereocenters. The van der Waals surface area contributed by atoms with Crippen molar-refractivity contribution in [3.05, 3.63) is 70.8 Å². The normalized spacial score (nSPS) is 10.6. The molecule has 0 aliphatic heterocycles. The van der Waals surface area contributed by atoms with Crippen LogP contribution in [0, 0.1) is 13.8 Å². The van der Waals surface area contributed by atoms with Gasteiger partial charge >= 0.3 is 0 Å². The summed E-state index contributed by atoms with van der Waals surface area (Å²) < 4.78 is 0. The van der Waals surface area contributed by atoms with Crippen molar-refractivity contribution in [2.45, 2.75) is 27.7 Å². The van der Waals surface area contributed by atoms with E-state index in [1.54, 1.807) is 6.07 Å². The molecule has 0 aliphatic carbocycles. The van der Waals surface area contributed by atoms with Crippen LogP contribution in [0.25, 0.3) is 32.9 Å². The number of nitrogens with two attached hydrogens (primary N) is 1. The van der Waals surface area contributed by atoms with Gasteiger partial charge in [0.15, 0.2) is 0 Å². The van der Waals surface area contributed by atoms with Crippen LogP contribution in [0.2, 0.25) is 0 Å². The van der Waals surface area contributed by atoms with Crippen LogP contribution in [0.1, 0.15) is 45.7 Å². The number of amides is 1. The van der Waals surface area contributed by atoms with Crippen LogP contribution in [-0.4, -0.2) is 17.2 Å². The predicted molar refractivity (Wildman–Crippen MR) is 116 cm³/mol. The van der Waals surface area contributed by atoms with E-state index in [1.807, 2.05) is 44.2 Å². The maximum atomic E-state index is 12.1. The lowest BCUT2D eigenvalue weighted by molar-refractivity contribution is 0.100. The SMILES string of the molecule is CC.Cc1ccc(-c2cc(C(N)=O)c3[nH]c4ccc(C=O)cc4c3c2)cc1C. The Morgan fingerprint density at radius 1 is 0.893 bits per heavy atom. The number of nitrogens with one attached hydrogen (secondary N) is 1. The van der Waals surface area contributed by atoms with E-state index in [4.69, 9.17) is 5.73 Å². The van der Waals surface area contributed by atoms with Crippen molar-refractivity contribution in [2.75, 3.05) is 0 Å². The zero-order chi connectivity index (χ0) is 20.4. The Morgan fingerprint density at radius 3 is 2.29 bits per heavy atom. The zero-order valence-corrected chi connectivity index (χ0v) is 16.6. The van der Waals surface area contributed by atoms with Gasteiger partial charge in [-0.3, -0.25) is 9.59 Å². The monoisotopic (exact) mass is 372 g/mol. The summed E-state index contributed by atoms with van der Waals surface area (Å²) in [7, 11) is 0. The minimum atomic E-state index is -0.483. The fraction of sp³-hybridized carbons (Fsp3) is 0.167. The number of H-pyrrole nitrogens is 1. The molecule has 3 N–H and O–H groups in total. The molecular formula is C24H24N2O2. The van der Waals surface area contributed by atoms with Gasteiger partial charge in [0.2, 0.25) is 0 Å². The number of aromatic nitrogens is 1. The first-order valence-electron chi connectivity index (χ1n) is 9.40. The number of hydrogen-bond acceptors (Lipinski definition) is 2. The number of aryl methyl sites for hydroxylation is 2. The number of benzene rings is 3. The third kappa shape index (κ3) is 3.29. The maximum absolute atomic E-state index is 12.1. The smallest absolute Gasteiger partial charge is 0.250 e. The molecule has 3 aromatic carbocycles. The van der Waals surface area contributed by atoms with Crippen LogP contribution in [0.15, 0.2) is 48.5 Å². The summed E-state index contributed by atoms with van der Waals surface area (Å²) in [5, 5.41) is 1.78. The van der Waals surface area contributed by atoms with Gasteiger partial charge in [-0.25, -0.2) is 0 Å². The fourth-order valence-electron chi connectivity index (χ4n) is 3.37. The Morgan fingerprint density at radius 2 is 1.64 bits per heavy atom. The van der Waals surface area contributed by atoms with Gasteiger partial charge in [-0.15, -0.1) is 0 Å². The number of rotatable bonds is 3. The highest BCUT2D eigenvalue weighted by atomic mass is 16.1. The maximum Gasteiger partial charge on any atom is 0.250 e. The quantitative estimate of drug-likeness (QED) is 0.463. The first-order valence-corrected chi connectivity index (χ1v) is 9.40. The molecule has 28 heavy (non-hydrogen) atoms. The summed E-state index contributed by atoms with van der Waals surface area (Å²) in [6, 6.07) is 15.5. The highest BCUT2D eigenvalue weighted by Gasteiger charge is 2.15. The first kappa shape index (κ1) is 19.4. The van der Waals surface area contributed by atoms with E-state index in [0.717, 1.165) is 33.7 Å². The Labute approximate surface area is 164 Å². The summed E-state index contributed by atoms with van der Waals surface area (Å²) in [4.78, 5) is 26.5. The van der Waals surface area contributed by atoms with Crippen LogP contribution < -0.4 is 5.73 Å². The molecule has 0 fully saturated rings. The van der Waals surface area contributed by atoms with E-state index in [2.05, 4.69) is 31.0 Å². The molecule has 0 spiro atoms. The lowest BCUT2D eigenvalue weighted by Gasteiger charge is -2.08. The minimum absolute atomic E-state index is 0.444. The van der Waals surface area contributed by atoms with E-state index >= 15 is 0 Å². The van der Waals surface area contributed by atoms with E-state index in [9.17, 15) is 9.59 Å². The molecule has 0 saturated heterocycles. The highest BCUT2D eigenvalue weighted by Crippen LogP contribution is 2.33. The Hall–Kier alpha value is -3.40. The van der Waals surface area contributed by atoms with E-state index in [0.29, 0.717) is 16.6 Å². The summed E-state index contributed by atoms with van der Waals surface area (Å²) in [6.07, 6.45) is 0.820. The molecule has 0 atom stereocenters. The van der Waals surface area contributed by atoms with Crippen molar-refractivity contribution in [2.24, 2.45) is 5.73 Å². The molecular weight excluding hydrogens is 348 g/mol. The second-order valence-electron chi connectivity index (χ2n) is 6.66. The molecule has 4 rings (SSSR count). The molecule has 1 aromatic heterocycles. The Bertz CT molecular complexity index is 1200. The van der Waals surface area contributed by atoms with Crippen LogP contribution in [0.5, 0.6) is 0 Å². The van der Waals surface area contributed by atoms with Crippen molar-refractivity contribution in [3.8, 4) is 11.1 Å². The van der Waals surface area contributed by atoms with Crippen molar-refractivity contribution < 1.29 is 9.59 Å². The summed E-state index contributed by atoms with van der Waals surface area (Å²) in [5.74, 6) is -0.483. The van der Waals surface area contributed by atoms with Gasteiger partial charge in [-0.05, 0) is 66.4 Å². The van der Waals surface area contributed by atoms with Crippen LogP contribution >= 0.6 is 0 Å². The average Bonchev–Trinajstić information content (AvgIpc) is 3.08. The molecule has 0 bridgehead atoms. The zero-order valence-electron chi connectivity index (χ0n) is 16.6. The number of carbonyl (C=O) groups excluding carboxylic acids is 2. The van der Waals surface area contributed by atoms with Crippen molar-refractivity contribution in [1.82, 2.24) is 4.98 Å². The van der Waals surface area contributed by atoms with Gasteiger partial charge in [0.1, 0.15) is 6.29 Å². The van der Waals surface area contributed by atoms with Gasteiger partial charge < -0.3 is 10.7 Å². The molecule has 4 aromatic rings. The van der Waals surface area contributed by atoms with Crippen LogP contribution in [0.4, 0.5) is 0 Å². The van der Waals surface area contributed by atoms with Gasteiger partial charge in [-0.1, -0.05) is 32.0 Å². The van der Waals surface area contributed by atoms with E-state index in [1.165, 1.54) is 11.1 Å². The van der Waals surface area contributed by atoms with Crippen molar-refractivity contribution >= 4 is 34.0 Å². The summed E-state index contributed by atoms with van der Waals surface area (Å²) in [6.45, 7) is 8.13. The molecule has 0 saturated carbocycles. The van der Waals surface area contributed by atoms with Gasteiger partial charge in [-0.2, -0.15) is 0 Å². The molecule has 0 radical (unpaired) electrons. The first-order chi connectivity index (χ1) is 13.5. The largest absolute Gasteiger partial charge is 0.366 e. The summed E-state index contributed by atoms with van der Waals surface area (Å²) >= 11 is 0. The van der Waals surface area contributed by atoms with Gasteiger partial charge in [0, 0.05) is 21.9 Å². The number of fused-ring (bicyclic) bond motifs is 3. The molecule has 4 nitrogen and oxygen atoms in total. The number of aromatic amines is 1.